The van der Waals surface area contributed by atoms with Gasteiger partial charge in [0.05, 0.1) is 5.56 Å². The van der Waals surface area contributed by atoms with Crippen LogP contribution in [0.25, 0.3) is 0 Å². The topological polar surface area (TPSA) is 30.3 Å². The van der Waals surface area contributed by atoms with E-state index in [1.165, 1.54) is 18.9 Å². The second-order valence-electron chi connectivity index (χ2n) is 5.91. The number of nitriles is 1. The molecule has 2 rings (SSSR count). The van der Waals surface area contributed by atoms with Gasteiger partial charge in [0, 0.05) is 13.1 Å². The van der Waals surface area contributed by atoms with Gasteiger partial charge in [-0.05, 0) is 63.6 Å². The molecule has 1 aliphatic heterocycles. The third kappa shape index (κ3) is 4.03. The zero-order valence-corrected chi connectivity index (χ0v) is 12.3. The third-order valence-corrected chi connectivity index (χ3v) is 3.89. The van der Waals surface area contributed by atoms with E-state index in [1.807, 2.05) is 6.07 Å². The maximum absolute atomic E-state index is 13.3. The van der Waals surface area contributed by atoms with Crippen molar-refractivity contribution in [1.82, 2.24) is 9.80 Å². The second kappa shape index (κ2) is 6.83. The highest BCUT2D eigenvalue weighted by Crippen LogP contribution is 2.20. The van der Waals surface area contributed by atoms with E-state index in [0.717, 1.165) is 37.7 Å². The highest BCUT2D eigenvalue weighted by molar-refractivity contribution is 5.34. The molecule has 1 fully saturated rings. The zero-order valence-electron chi connectivity index (χ0n) is 12.3. The van der Waals surface area contributed by atoms with E-state index in [4.69, 9.17) is 5.26 Å². The number of likely N-dealkylation sites (tertiary alicyclic amines) is 1. The normalized spacial score (nSPS) is 17.4. The fourth-order valence-electron chi connectivity index (χ4n) is 2.86. The molecular weight excluding hydrogens is 253 g/mol. The summed E-state index contributed by atoms with van der Waals surface area (Å²) in [6, 6.07) is 6.75. The third-order valence-electron chi connectivity index (χ3n) is 3.89. The Morgan fingerprint density at radius 1 is 1.35 bits per heavy atom. The van der Waals surface area contributed by atoms with Gasteiger partial charge in [0.1, 0.15) is 11.9 Å². The summed E-state index contributed by atoms with van der Waals surface area (Å²) in [7, 11) is 4.24. The average Bonchev–Trinajstić information content (AvgIpc) is 2.42. The van der Waals surface area contributed by atoms with Crippen molar-refractivity contribution >= 4 is 0 Å². The molecular formula is C16H22FN3. The minimum absolute atomic E-state index is 0.144. The molecule has 3 nitrogen and oxygen atoms in total. The van der Waals surface area contributed by atoms with E-state index in [2.05, 4.69) is 23.9 Å². The Hall–Kier alpha value is -1.44. The summed E-state index contributed by atoms with van der Waals surface area (Å²) in [5.74, 6) is 0.352. The van der Waals surface area contributed by atoms with Crippen LogP contribution in [0.5, 0.6) is 0 Å². The summed E-state index contributed by atoms with van der Waals surface area (Å²) in [5, 5.41) is 8.86. The number of rotatable bonds is 4. The van der Waals surface area contributed by atoms with Crippen molar-refractivity contribution in [3.63, 3.8) is 0 Å². The van der Waals surface area contributed by atoms with Gasteiger partial charge in [-0.3, -0.25) is 4.90 Å². The largest absolute Gasteiger partial charge is 0.309 e. The number of nitrogens with zero attached hydrogens (tertiary/aromatic N) is 3. The van der Waals surface area contributed by atoms with E-state index >= 15 is 0 Å². The standard InChI is InChI=1S/C16H22FN3/c1-19(2)11-13-5-7-20(8-6-13)12-14-3-4-16(17)15(9-14)10-18/h3-4,9,13H,5-8,11-12H2,1-2H3. The van der Waals surface area contributed by atoms with E-state index in [1.54, 1.807) is 12.1 Å². The molecule has 1 aromatic carbocycles. The number of halogens is 1. The number of piperidine rings is 1. The molecule has 0 atom stereocenters. The SMILES string of the molecule is CN(C)CC1CCN(Cc2ccc(F)c(C#N)c2)CC1. The van der Waals surface area contributed by atoms with Crippen LogP contribution in [0.3, 0.4) is 0 Å². The minimum atomic E-state index is -0.430. The predicted octanol–water partition coefficient (Wildman–Crippen LogP) is 2.47. The molecule has 0 N–H and O–H groups in total. The van der Waals surface area contributed by atoms with Crippen molar-refractivity contribution < 1.29 is 4.39 Å². The van der Waals surface area contributed by atoms with Gasteiger partial charge in [-0.2, -0.15) is 5.26 Å². The molecule has 1 aromatic rings. The van der Waals surface area contributed by atoms with E-state index < -0.39 is 5.82 Å². The van der Waals surface area contributed by atoms with Gasteiger partial charge in [-0.25, -0.2) is 4.39 Å². The maximum Gasteiger partial charge on any atom is 0.140 e. The van der Waals surface area contributed by atoms with Crippen LogP contribution in [-0.2, 0) is 6.54 Å². The van der Waals surface area contributed by atoms with Gasteiger partial charge < -0.3 is 4.90 Å². The lowest BCUT2D eigenvalue weighted by atomic mass is 9.96. The average molecular weight is 275 g/mol. The summed E-state index contributed by atoms with van der Waals surface area (Å²) in [5.41, 5.74) is 1.17. The summed E-state index contributed by atoms with van der Waals surface area (Å²) >= 11 is 0. The molecule has 0 aromatic heterocycles. The summed E-state index contributed by atoms with van der Waals surface area (Å²) in [4.78, 5) is 4.64. The molecule has 1 aliphatic rings. The monoisotopic (exact) mass is 275 g/mol. The van der Waals surface area contributed by atoms with Gasteiger partial charge in [-0.1, -0.05) is 6.07 Å². The molecule has 108 valence electrons. The number of benzene rings is 1. The van der Waals surface area contributed by atoms with E-state index in [9.17, 15) is 4.39 Å². The Morgan fingerprint density at radius 3 is 2.65 bits per heavy atom. The Morgan fingerprint density at radius 2 is 2.05 bits per heavy atom. The van der Waals surface area contributed by atoms with Crippen molar-refractivity contribution in [2.45, 2.75) is 19.4 Å². The molecule has 1 heterocycles. The Kier molecular flexibility index (Phi) is 5.11. The van der Waals surface area contributed by atoms with Crippen molar-refractivity contribution in [3.05, 3.63) is 35.1 Å². The van der Waals surface area contributed by atoms with Crippen LogP contribution in [0.2, 0.25) is 0 Å². The van der Waals surface area contributed by atoms with Gasteiger partial charge >= 0.3 is 0 Å². The molecule has 1 saturated heterocycles. The minimum Gasteiger partial charge on any atom is -0.309 e. The highest BCUT2D eigenvalue weighted by Gasteiger charge is 2.19. The molecule has 0 amide bonds. The molecule has 0 spiro atoms. The Balaban J connectivity index is 1.88. The second-order valence-corrected chi connectivity index (χ2v) is 5.91. The van der Waals surface area contributed by atoms with Gasteiger partial charge in [0.15, 0.2) is 0 Å². The first kappa shape index (κ1) is 15.0. The van der Waals surface area contributed by atoms with Gasteiger partial charge in [-0.15, -0.1) is 0 Å². The lowest BCUT2D eigenvalue weighted by molar-refractivity contribution is 0.157. The number of hydrogen-bond donors (Lipinski definition) is 0. The van der Waals surface area contributed by atoms with Gasteiger partial charge in [0.25, 0.3) is 0 Å². The summed E-state index contributed by atoms with van der Waals surface area (Å²) in [6.45, 7) is 4.13. The first-order valence-corrected chi connectivity index (χ1v) is 7.14. The molecule has 4 heteroatoms. The van der Waals surface area contributed by atoms with Crippen LogP contribution in [0.1, 0.15) is 24.0 Å². The molecule has 0 aliphatic carbocycles. The Labute approximate surface area is 120 Å². The highest BCUT2D eigenvalue weighted by atomic mass is 19.1. The van der Waals surface area contributed by atoms with Crippen LogP contribution in [0.4, 0.5) is 4.39 Å². The zero-order chi connectivity index (χ0) is 14.5. The quantitative estimate of drug-likeness (QED) is 0.845. The fourth-order valence-corrected chi connectivity index (χ4v) is 2.86. The van der Waals surface area contributed by atoms with Crippen molar-refractivity contribution in [2.75, 3.05) is 33.7 Å². The van der Waals surface area contributed by atoms with Crippen LogP contribution in [0.15, 0.2) is 18.2 Å². The number of hydrogen-bond acceptors (Lipinski definition) is 3. The smallest absolute Gasteiger partial charge is 0.140 e. The molecule has 20 heavy (non-hydrogen) atoms. The summed E-state index contributed by atoms with van der Waals surface area (Å²) in [6.07, 6.45) is 2.43. The molecule has 0 bridgehead atoms. The first-order chi connectivity index (χ1) is 9.58. The van der Waals surface area contributed by atoms with Gasteiger partial charge in [0.2, 0.25) is 0 Å². The van der Waals surface area contributed by atoms with Crippen LogP contribution >= 0.6 is 0 Å². The first-order valence-electron chi connectivity index (χ1n) is 7.14. The lowest BCUT2D eigenvalue weighted by Crippen LogP contribution is -2.36. The predicted molar refractivity (Wildman–Crippen MR) is 77.7 cm³/mol. The lowest BCUT2D eigenvalue weighted by Gasteiger charge is -2.33. The summed E-state index contributed by atoms with van der Waals surface area (Å²) < 4.78 is 13.3. The van der Waals surface area contributed by atoms with E-state index in [-0.39, 0.29) is 5.56 Å². The fraction of sp³-hybridized carbons (Fsp3) is 0.562. The molecule has 0 unspecified atom stereocenters. The Bertz CT molecular complexity index is 485. The van der Waals surface area contributed by atoms with Crippen molar-refractivity contribution in [3.8, 4) is 6.07 Å². The van der Waals surface area contributed by atoms with Crippen LogP contribution in [0, 0.1) is 23.1 Å². The molecule has 0 saturated carbocycles. The van der Waals surface area contributed by atoms with Crippen molar-refractivity contribution in [2.24, 2.45) is 5.92 Å². The van der Waals surface area contributed by atoms with E-state index in [0.29, 0.717) is 0 Å². The van der Waals surface area contributed by atoms with Crippen LogP contribution < -0.4 is 0 Å². The molecule has 0 radical (unpaired) electrons. The maximum atomic E-state index is 13.3. The van der Waals surface area contributed by atoms with Crippen LogP contribution in [-0.4, -0.2) is 43.5 Å². The van der Waals surface area contributed by atoms with Crippen molar-refractivity contribution in [1.29, 1.82) is 5.26 Å².